The van der Waals surface area contributed by atoms with Crippen LogP contribution in [0.5, 0.6) is 0 Å². The highest BCUT2D eigenvalue weighted by molar-refractivity contribution is 6.34. The van der Waals surface area contributed by atoms with Crippen molar-refractivity contribution in [1.82, 2.24) is 0 Å². The molecule has 0 aromatic heterocycles. The van der Waals surface area contributed by atoms with E-state index in [-0.39, 0.29) is 9.52 Å². The Morgan fingerprint density at radius 1 is 1.44 bits per heavy atom. The monoisotopic (exact) mass is 150 g/mol. The molecule has 0 amide bonds. The van der Waals surface area contributed by atoms with Crippen molar-refractivity contribution < 1.29 is 14.6 Å². The van der Waals surface area contributed by atoms with E-state index in [1.165, 1.54) is 0 Å². The fourth-order valence-corrected chi connectivity index (χ4v) is 0.819. The number of ether oxygens (including phenoxy) is 2. The standard InChI is InChI=1S/C5H14O3Si/c1-2-7-4-8-5-9-3-6/h6H,2-5,9H2,1H3. The molecule has 0 unspecified atom stereocenters. The average molecular weight is 150 g/mol. The van der Waals surface area contributed by atoms with Gasteiger partial charge in [0.15, 0.2) is 0 Å². The lowest BCUT2D eigenvalue weighted by molar-refractivity contribution is -0.0337. The average Bonchev–Trinajstić information content (AvgIpc) is 1.89. The van der Waals surface area contributed by atoms with E-state index in [2.05, 4.69) is 0 Å². The maximum Gasteiger partial charge on any atom is 0.146 e. The molecule has 9 heavy (non-hydrogen) atoms. The van der Waals surface area contributed by atoms with Gasteiger partial charge in [0.1, 0.15) is 6.79 Å². The van der Waals surface area contributed by atoms with Crippen LogP contribution < -0.4 is 0 Å². The molecule has 0 saturated carbocycles. The summed E-state index contributed by atoms with van der Waals surface area (Å²) in [5, 5.41) is 8.36. The molecular weight excluding hydrogens is 136 g/mol. The molecule has 0 radical (unpaired) electrons. The maximum absolute atomic E-state index is 8.36. The van der Waals surface area contributed by atoms with Gasteiger partial charge in [-0.15, -0.1) is 0 Å². The summed E-state index contributed by atoms with van der Waals surface area (Å²) in [6, 6.07) is 0. The van der Waals surface area contributed by atoms with Crippen LogP contribution in [0.2, 0.25) is 0 Å². The largest absolute Gasteiger partial charge is 0.400 e. The minimum Gasteiger partial charge on any atom is -0.400 e. The van der Waals surface area contributed by atoms with Gasteiger partial charge in [-0.2, -0.15) is 0 Å². The normalized spacial score (nSPS) is 11.3. The van der Waals surface area contributed by atoms with Crippen LogP contribution in [-0.2, 0) is 9.47 Å². The fraction of sp³-hybridized carbons (Fsp3) is 1.00. The Balaban J connectivity index is 2.60. The second kappa shape index (κ2) is 8.10. The van der Waals surface area contributed by atoms with E-state index in [4.69, 9.17) is 14.6 Å². The Morgan fingerprint density at radius 3 is 2.78 bits per heavy atom. The zero-order valence-corrected chi connectivity index (χ0v) is 7.21. The van der Waals surface area contributed by atoms with Gasteiger partial charge in [0.25, 0.3) is 0 Å². The number of hydrogen-bond acceptors (Lipinski definition) is 3. The molecule has 0 aliphatic heterocycles. The number of aliphatic hydroxyl groups excluding tert-OH is 1. The molecule has 3 nitrogen and oxygen atoms in total. The molecular formula is C5H14O3Si. The lowest BCUT2D eigenvalue weighted by Gasteiger charge is -2.00. The highest BCUT2D eigenvalue weighted by Crippen LogP contribution is 1.75. The summed E-state index contributed by atoms with van der Waals surface area (Å²) in [6.07, 6.45) is 1.04. The number of rotatable bonds is 6. The molecule has 0 saturated heterocycles. The summed E-state index contributed by atoms with van der Waals surface area (Å²) < 4.78 is 9.89. The van der Waals surface area contributed by atoms with E-state index in [0.717, 1.165) is 6.23 Å². The molecule has 56 valence electrons. The van der Waals surface area contributed by atoms with Gasteiger partial charge in [-0.1, -0.05) is 0 Å². The molecule has 0 aliphatic carbocycles. The van der Waals surface area contributed by atoms with Crippen molar-refractivity contribution in [3.8, 4) is 0 Å². The number of aliphatic hydroxyl groups is 1. The van der Waals surface area contributed by atoms with Crippen LogP contribution in [0.25, 0.3) is 0 Å². The number of hydrogen-bond donors (Lipinski definition) is 1. The minimum atomic E-state index is -0.353. The maximum atomic E-state index is 8.36. The van der Waals surface area contributed by atoms with Gasteiger partial charge in [-0.3, -0.25) is 0 Å². The van der Waals surface area contributed by atoms with E-state index in [0.29, 0.717) is 19.6 Å². The molecule has 0 fully saturated rings. The van der Waals surface area contributed by atoms with Crippen LogP contribution in [0.15, 0.2) is 0 Å². The van der Waals surface area contributed by atoms with Gasteiger partial charge in [0.05, 0.1) is 9.52 Å². The Kier molecular flexibility index (Phi) is 8.18. The first-order valence-corrected chi connectivity index (χ1v) is 5.18. The van der Waals surface area contributed by atoms with Crippen molar-refractivity contribution in [2.75, 3.05) is 25.9 Å². The molecule has 0 aromatic carbocycles. The molecule has 0 aliphatic rings. The van der Waals surface area contributed by atoms with Crippen LogP contribution in [0.3, 0.4) is 0 Å². The summed E-state index contributed by atoms with van der Waals surface area (Å²) in [6.45, 7) is 3.00. The lowest BCUT2D eigenvalue weighted by atomic mass is 10.9. The Labute approximate surface area is 57.8 Å². The predicted molar refractivity (Wildman–Crippen MR) is 38.1 cm³/mol. The first-order valence-electron chi connectivity index (χ1n) is 3.18. The zero-order chi connectivity index (χ0) is 6.95. The van der Waals surface area contributed by atoms with Gasteiger partial charge < -0.3 is 14.6 Å². The topological polar surface area (TPSA) is 38.7 Å². The van der Waals surface area contributed by atoms with Crippen molar-refractivity contribution in [3.63, 3.8) is 0 Å². The quantitative estimate of drug-likeness (QED) is 0.302. The second-order valence-electron chi connectivity index (χ2n) is 1.60. The molecule has 0 atom stereocenters. The first-order chi connectivity index (χ1) is 4.41. The van der Waals surface area contributed by atoms with Crippen LogP contribution in [-0.4, -0.2) is 40.5 Å². The molecule has 0 bridgehead atoms. The molecule has 4 heteroatoms. The fourth-order valence-electron chi connectivity index (χ4n) is 0.368. The van der Waals surface area contributed by atoms with Crippen molar-refractivity contribution in [2.45, 2.75) is 6.92 Å². The highest BCUT2D eigenvalue weighted by Gasteiger charge is 1.85. The lowest BCUT2D eigenvalue weighted by Crippen LogP contribution is -2.10. The molecule has 1 N–H and O–H groups in total. The van der Waals surface area contributed by atoms with E-state index >= 15 is 0 Å². The molecule has 0 heterocycles. The van der Waals surface area contributed by atoms with E-state index in [9.17, 15) is 0 Å². The van der Waals surface area contributed by atoms with Crippen LogP contribution >= 0.6 is 0 Å². The third-order valence-corrected chi connectivity index (χ3v) is 1.71. The summed E-state index contributed by atoms with van der Waals surface area (Å²) >= 11 is 0. The van der Waals surface area contributed by atoms with Crippen LogP contribution in [0.4, 0.5) is 0 Å². The SMILES string of the molecule is CCOCOC[SiH2]CO. The van der Waals surface area contributed by atoms with Crippen molar-refractivity contribution in [2.24, 2.45) is 0 Å². The summed E-state index contributed by atoms with van der Waals surface area (Å²) in [4.78, 5) is 0. The second-order valence-corrected chi connectivity index (χ2v) is 3.16. The molecule has 0 aromatic rings. The minimum absolute atomic E-state index is 0.326. The third kappa shape index (κ3) is 8.10. The van der Waals surface area contributed by atoms with Gasteiger partial charge in [0.2, 0.25) is 0 Å². The van der Waals surface area contributed by atoms with Crippen molar-refractivity contribution in [3.05, 3.63) is 0 Å². The summed E-state index contributed by atoms with van der Waals surface area (Å²) in [5.74, 6) is 0. The van der Waals surface area contributed by atoms with E-state index in [1.807, 2.05) is 6.92 Å². The third-order valence-electron chi connectivity index (χ3n) is 0.818. The van der Waals surface area contributed by atoms with E-state index in [1.54, 1.807) is 0 Å². The Hall–Kier alpha value is 0.0969. The van der Waals surface area contributed by atoms with Gasteiger partial charge >= 0.3 is 0 Å². The molecule has 0 rings (SSSR count). The van der Waals surface area contributed by atoms with Crippen molar-refractivity contribution >= 4 is 9.52 Å². The molecule has 0 spiro atoms. The zero-order valence-electron chi connectivity index (χ0n) is 5.80. The summed E-state index contributed by atoms with van der Waals surface area (Å²) in [7, 11) is -0.353. The highest BCUT2D eigenvalue weighted by atomic mass is 28.2. The van der Waals surface area contributed by atoms with Gasteiger partial charge in [0, 0.05) is 19.1 Å². The predicted octanol–water partition coefficient (Wildman–Crippen LogP) is -0.927. The smallest absolute Gasteiger partial charge is 0.146 e. The summed E-state index contributed by atoms with van der Waals surface area (Å²) in [5.41, 5.74) is 0. The van der Waals surface area contributed by atoms with Gasteiger partial charge in [-0.05, 0) is 6.92 Å². The first kappa shape index (κ1) is 9.10. The van der Waals surface area contributed by atoms with Crippen molar-refractivity contribution in [1.29, 1.82) is 0 Å². The van der Waals surface area contributed by atoms with Crippen LogP contribution in [0.1, 0.15) is 6.92 Å². The van der Waals surface area contributed by atoms with E-state index < -0.39 is 0 Å². The Bertz CT molecular complexity index is 45.5. The van der Waals surface area contributed by atoms with Gasteiger partial charge in [-0.25, -0.2) is 0 Å². The Morgan fingerprint density at radius 2 is 2.22 bits per heavy atom. The van der Waals surface area contributed by atoms with Crippen LogP contribution in [0, 0.1) is 0 Å².